The molecule has 0 spiro atoms. The van der Waals surface area contributed by atoms with Gasteiger partial charge < -0.3 is 9.47 Å². The fourth-order valence-corrected chi connectivity index (χ4v) is 2.63. The lowest BCUT2D eigenvalue weighted by Gasteiger charge is -2.05. The first-order chi connectivity index (χ1) is 8.70. The lowest BCUT2D eigenvalue weighted by Crippen LogP contribution is -2.11. The molecule has 0 aromatic heterocycles. The van der Waals surface area contributed by atoms with E-state index in [4.69, 9.17) is 9.47 Å². The minimum Gasteiger partial charge on any atom is -0.497 e. The molecule has 1 heterocycles. The van der Waals surface area contributed by atoms with E-state index in [0.29, 0.717) is 24.3 Å². The Morgan fingerprint density at radius 2 is 2.17 bits per heavy atom. The maximum absolute atomic E-state index is 11.9. The maximum atomic E-state index is 11.9. The van der Waals surface area contributed by atoms with Crippen molar-refractivity contribution in [1.82, 2.24) is 0 Å². The van der Waals surface area contributed by atoms with E-state index in [9.17, 15) is 9.59 Å². The molecule has 0 amide bonds. The van der Waals surface area contributed by atoms with Gasteiger partial charge in [0, 0.05) is 11.3 Å². The number of benzene rings is 1. The molecule has 4 nitrogen and oxygen atoms in total. The summed E-state index contributed by atoms with van der Waals surface area (Å²) in [6.07, 6.45) is 0.710. The topological polar surface area (TPSA) is 52.6 Å². The summed E-state index contributed by atoms with van der Waals surface area (Å²) in [5, 5.41) is -0.0302. The van der Waals surface area contributed by atoms with Crippen LogP contribution in [-0.4, -0.2) is 30.6 Å². The average molecular weight is 266 g/mol. The Labute approximate surface area is 110 Å². The molecule has 0 radical (unpaired) electrons. The van der Waals surface area contributed by atoms with Gasteiger partial charge in [-0.25, -0.2) is 0 Å². The Balaban J connectivity index is 1.88. The first-order valence-corrected chi connectivity index (χ1v) is 6.67. The first-order valence-electron chi connectivity index (χ1n) is 5.68. The molecule has 2 rings (SSSR count). The van der Waals surface area contributed by atoms with Crippen LogP contribution in [0.3, 0.4) is 0 Å². The van der Waals surface area contributed by atoms with E-state index in [1.54, 1.807) is 31.4 Å². The summed E-state index contributed by atoms with van der Waals surface area (Å²) in [5.41, 5.74) is 0.618. The van der Waals surface area contributed by atoms with Crippen LogP contribution in [0.25, 0.3) is 0 Å². The molecule has 1 aromatic rings. The number of carbonyl (C=O) groups is 2. The second kappa shape index (κ2) is 5.91. The molecule has 96 valence electrons. The molecular formula is C13H14O4S. The third kappa shape index (κ3) is 3.04. The summed E-state index contributed by atoms with van der Waals surface area (Å²) < 4.78 is 9.88. The van der Waals surface area contributed by atoms with Gasteiger partial charge in [0.1, 0.15) is 5.75 Å². The molecule has 1 fully saturated rings. The van der Waals surface area contributed by atoms with Crippen molar-refractivity contribution in [2.75, 3.05) is 19.5 Å². The number of thioether (sulfide) groups is 1. The van der Waals surface area contributed by atoms with Crippen molar-refractivity contribution in [3.63, 3.8) is 0 Å². The van der Waals surface area contributed by atoms with E-state index in [-0.39, 0.29) is 17.0 Å². The number of hydrogen-bond donors (Lipinski definition) is 0. The van der Waals surface area contributed by atoms with Crippen molar-refractivity contribution in [2.24, 2.45) is 5.92 Å². The molecule has 5 heteroatoms. The van der Waals surface area contributed by atoms with Gasteiger partial charge in [0.15, 0.2) is 0 Å². The van der Waals surface area contributed by atoms with Crippen LogP contribution in [0.15, 0.2) is 24.3 Å². The number of rotatable bonds is 4. The van der Waals surface area contributed by atoms with Crippen molar-refractivity contribution < 1.29 is 19.1 Å². The molecule has 0 aliphatic carbocycles. The zero-order valence-electron chi connectivity index (χ0n) is 10.0. The van der Waals surface area contributed by atoms with Crippen LogP contribution in [0.2, 0.25) is 0 Å². The highest BCUT2D eigenvalue weighted by atomic mass is 32.2. The summed E-state index contributed by atoms with van der Waals surface area (Å²) in [5.74, 6) is 0.877. The molecule has 18 heavy (non-hydrogen) atoms. The monoisotopic (exact) mass is 266 g/mol. The molecule has 0 N–H and O–H groups in total. The highest BCUT2D eigenvalue weighted by Gasteiger charge is 2.27. The number of esters is 1. The zero-order valence-corrected chi connectivity index (χ0v) is 10.9. The highest BCUT2D eigenvalue weighted by Crippen LogP contribution is 2.23. The van der Waals surface area contributed by atoms with Crippen molar-refractivity contribution in [1.29, 1.82) is 0 Å². The van der Waals surface area contributed by atoms with Gasteiger partial charge in [-0.05, 0) is 30.7 Å². The minimum atomic E-state index is -0.190. The lowest BCUT2D eigenvalue weighted by molar-refractivity contribution is -0.140. The second-order valence-corrected chi connectivity index (χ2v) is 4.97. The summed E-state index contributed by atoms with van der Waals surface area (Å²) in [4.78, 5) is 23.1. The third-order valence-corrected chi connectivity index (χ3v) is 3.85. The van der Waals surface area contributed by atoms with E-state index in [1.165, 1.54) is 0 Å². The molecule has 1 aromatic carbocycles. The third-order valence-electron chi connectivity index (χ3n) is 2.79. The van der Waals surface area contributed by atoms with Crippen LogP contribution in [0.5, 0.6) is 5.75 Å². The lowest BCUT2D eigenvalue weighted by atomic mass is 10.1. The molecule has 1 unspecified atom stereocenters. The number of cyclic esters (lactones) is 1. The van der Waals surface area contributed by atoms with Gasteiger partial charge in [0.25, 0.3) is 0 Å². The average Bonchev–Trinajstić information content (AvgIpc) is 2.81. The van der Waals surface area contributed by atoms with Gasteiger partial charge >= 0.3 is 5.97 Å². The quantitative estimate of drug-likeness (QED) is 0.781. The predicted octanol–water partition coefficient (Wildman–Crippen LogP) is 2.13. The molecule has 1 atom stereocenters. The molecule has 0 bridgehead atoms. The van der Waals surface area contributed by atoms with Crippen molar-refractivity contribution in [2.45, 2.75) is 6.42 Å². The Bertz CT molecular complexity index is 441. The van der Waals surface area contributed by atoms with Gasteiger partial charge in [-0.2, -0.15) is 0 Å². The largest absolute Gasteiger partial charge is 0.497 e. The standard InChI is InChI=1S/C13H14O4S/c1-16-11-4-2-9(3-5-11)13(15)18-8-10-6-7-17-12(10)14/h2-5,10H,6-8H2,1H3. The summed E-state index contributed by atoms with van der Waals surface area (Å²) in [6.45, 7) is 0.473. The van der Waals surface area contributed by atoms with E-state index in [2.05, 4.69) is 0 Å². The SMILES string of the molecule is COc1ccc(C(=O)SCC2CCOC2=O)cc1. The smallest absolute Gasteiger partial charge is 0.309 e. The Morgan fingerprint density at radius 1 is 1.44 bits per heavy atom. The number of ether oxygens (including phenoxy) is 2. The van der Waals surface area contributed by atoms with Crippen LogP contribution < -0.4 is 4.74 Å². The van der Waals surface area contributed by atoms with Crippen molar-refractivity contribution in [3.8, 4) is 5.75 Å². The van der Waals surface area contributed by atoms with Crippen LogP contribution in [0.1, 0.15) is 16.8 Å². The molecule has 0 saturated carbocycles. The van der Waals surface area contributed by atoms with E-state index in [0.717, 1.165) is 17.5 Å². The second-order valence-electron chi connectivity index (χ2n) is 3.98. The van der Waals surface area contributed by atoms with Gasteiger partial charge in [0.05, 0.1) is 19.6 Å². The normalized spacial score (nSPS) is 18.5. The van der Waals surface area contributed by atoms with Crippen LogP contribution in [0, 0.1) is 5.92 Å². The van der Waals surface area contributed by atoms with Crippen LogP contribution in [0.4, 0.5) is 0 Å². The molecule has 1 aliphatic rings. The summed E-state index contributed by atoms with van der Waals surface area (Å²) in [6, 6.07) is 6.94. The summed E-state index contributed by atoms with van der Waals surface area (Å²) >= 11 is 1.16. The molecule has 1 saturated heterocycles. The van der Waals surface area contributed by atoms with Gasteiger partial charge in [0.2, 0.25) is 5.12 Å². The van der Waals surface area contributed by atoms with Gasteiger partial charge in [-0.3, -0.25) is 9.59 Å². The van der Waals surface area contributed by atoms with Crippen LogP contribution in [-0.2, 0) is 9.53 Å². The van der Waals surface area contributed by atoms with Crippen molar-refractivity contribution in [3.05, 3.63) is 29.8 Å². The summed E-state index contributed by atoms with van der Waals surface area (Å²) in [7, 11) is 1.58. The zero-order chi connectivity index (χ0) is 13.0. The Hall–Kier alpha value is -1.49. The Morgan fingerprint density at radius 3 is 2.72 bits per heavy atom. The highest BCUT2D eigenvalue weighted by molar-refractivity contribution is 8.14. The fraction of sp³-hybridized carbons (Fsp3) is 0.385. The van der Waals surface area contributed by atoms with Crippen molar-refractivity contribution >= 4 is 22.8 Å². The van der Waals surface area contributed by atoms with Gasteiger partial charge in [-0.1, -0.05) is 11.8 Å². The maximum Gasteiger partial charge on any atom is 0.309 e. The Kier molecular flexibility index (Phi) is 4.25. The van der Waals surface area contributed by atoms with E-state index < -0.39 is 0 Å². The number of carbonyl (C=O) groups excluding carboxylic acids is 2. The predicted molar refractivity (Wildman–Crippen MR) is 68.8 cm³/mol. The number of methoxy groups -OCH3 is 1. The molecular weight excluding hydrogens is 252 g/mol. The first kappa shape index (κ1) is 13.0. The minimum absolute atomic E-state index is 0.0302. The number of hydrogen-bond acceptors (Lipinski definition) is 5. The van der Waals surface area contributed by atoms with E-state index >= 15 is 0 Å². The van der Waals surface area contributed by atoms with E-state index in [1.807, 2.05) is 0 Å². The fourth-order valence-electron chi connectivity index (χ4n) is 1.68. The van der Waals surface area contributed by atoms with Crippen LogP contribution >= 0.6 is 11.8 Å². The molecule has 1 aliphatic heterocycles. The van der Waals surface area contributed by atoms with Gasteiger partial charge in [-0.15, -0.1) is 0 Å².